The SMILES string of the molecule is COc1ccc2cc([C@H](C)C(=O)O)ccc2c1.N. The van der Waals surface area contributed by atoms with Crippen molar-refractivity contribution in [2.45, 2.75) is 12.8 Å². The third-order valence-electron chi connectivity index (χ3n) is 2.94. The van der Waals surface area contributed by atoms with Crippen molar-refractivity contribution < 1.29 is 14.6 Å². The Bertz CT molecular complexity index is 566. The Labute approximate surface area is 106 Å². The summed E-state index contributed by atoms with van der Waals surface area (Å²) >= 11 is 0. The minimum Gasteiger partial charge on any atom is -0.497 e. The van der Waals surface area contributed by atoms with Crippen molar-refractivity contribution in [1.82, 2.24) is 6.15 Å². The predicted octanol–water partition coefficient (Wildman–Crippen LogP) is 3.20. The van der Waals surface area contributed by atoms with Gasteiger partial charge in [0, 0.05) is 0 Å². The lowest BCUT2D eigenvalue weighted by molar-refractivity contribution is -0.138. The van der Waals surface area contributed by atoms with E-state index in [-0.39, 0.29) is 6.15 Å². The first-order valence-corrected chi connectivity index (χ1v) is 5.42. The maximum Gasteiger partial charge on any atom is 0.310 e. The van der Waals surface area contributed by atoms with E-state index in [1.54, 1.807) is 14.0 Å². The van der Waals surface area contributed by atoms with Crippen LogP contribution < -0.4 is 10.9 Å². The van der Waals surface area contributed by atoms with E-state index in [0.29, 0.717) is 0 Å². The Morgan fingerprint density at radius 3 is 2.39 bits per heavy atom. The molecule has 0 saturated carbocycles. The largest absolute Gasteiger partial charge is 0.497 e. The van der Waals surface area contributed by atoms with Gasteiger partial charge in [-0.2, -0.15) is 0 Å². The molecule has 0 aromatic heterocycles. The zero-order valence-corrected chi connectivity index (χ0v) is 10.5. The first-order valence-electron chi connectivity index (χ1n) is 5.42. The van der Waals surface area contributed by atoms with Gasteiger partial charge in [-0.3, -0.25) is 4.79 Å². The second kappa shape index (κ2) is 5.51. The van der Waals surface area contributed by atoms with Crippen molar-refractivity contribution in [3.8, 4) is 5.75 Å². The van der Waals surface area contributed by atoms with E-state index in [4.69, 9.17) is 9.84 Å². The van der Waals surface area contributed by atoms with Crippen molar-refractivity contribution in [2.24, 2.45) is 0 Å². The lowest BCUT2D eigenvalue weighted by Gasteiger charge is -2.08. The molecule has 0 aliphatic rings. The van der Waals surface area contributed by atoms with Crippen LogP contribution in [0, 0.1) is 0 Å². The molecule has 0 spiro atoms. The van der Waals surface area contributed by atoms with Crippen LogP contribution >= 0.6 is 0 Å². The first kappa shape index (κ1) is 14.0. The minimum absolute atomic E-state index is 0. The van der Waals surface area contributed by atoms with Gasteiger partial charge < -0.3 is 16.0 Å². The van der Waals surface area contributed by atoms with Crippen molar-refractivity contribution in [2.75, 3.05) is 7.11 Å². The Morgan fingerprint density at radius 1 is 1.17 bits per heavy atom. The maximum absolute atomic E-state index is 10.9. The number of carboxylic acid groups (broad SMARTS) is 1. The molecule has 0 amide bonds. The molecule has 2 aromatic carbocycles. The van der Waals surface area contributed by atoms with Gasteiger partial charge in [0.2, 0.25) is 0 Å². The summed E-state index contributed by atoms with van der Waals surface area (Å²) in [5.74, 6) is -0.490. The fourth-order valence-corrected chi connectivity index (χ4v) is 1.78. The third-order valence-corrected chi connectivity index (χ3v) is 2.94. The molecular weight excluding hydrogens is 230 g/mol. The number of rotatable bonds is 3. The zero-order chi connectivity index (χ0) is 12.4. The smallest absolute Gasteiger partial charge is 0.310 e. The molecule has 0 unspecified atom stereocenters. The molecule has 4 N–H and O–H groups in total. The van der Waals surface area contributed by atoms with Crippen LogP contribution in [0.5, 0.6) is 5.75 Å². The normalized spacial score (nSPS) is 11.7. The first-order chi connectivity index (χ1) is 8.11. The maximum atomic E-state index is 10.9. The third kappa shape index (κ3) is 2.60. The van der Waals surface area contributed by atoms with E-state index >= 15 is 0 Å². The molecule has 2 rings (SSSR count). The number of benzene rings is 2. The predicted molar refractivity (Wildman–Crippen MR) is 71.6 cm³/mol. The molecule has 0 saturated heterocycles. The van der Waals surface area contributed by atoms with Gasteiger partial charge in [0.15, 0.2) is 0 Å². The van der Waals surface area contributed by atoms with Gasteiger partial charge in [-0.15, -0.1) is 0 Å². The van der Waals surface area contributed by atoms with Gasteiger partial charge in [0.05, 0.1) is 13.0 Å². The van der Waals surface area contributed by atoms with E-state index in [0.717, 1.165) is 22.1 Å². The Balaban J connectivity index is 0.00000162. The van der Waals surface area contributed by atoms with Crippen molar-refractivity contribution in [3.05, 3.63) is 42.0 Å². The van der Waals surface area contributed by atoms with Crippen LogP contribution in [-0.4, -0.2) is 18.2 Å². The van der Waals surface area contributed by atoms with Crippen LogP contribution in [0.15, 0.2) is 36.4 Å². The summed E-state index contributed by atoms with van der Waals surface area (Å²) in [7, 11) is 1.63. The molecule has 0 fully saturated rings. The Kier molecular flexibility index (Phi) is 4.28. The molecule has 0 radical (unpaired) electrons. The number of hydrogen-bond donors (Lipinski definition) is 2. The molecule has 96 valence electrons. The molecule has 0 bridgehead atoms. The second-order valence-corrected chi connectivity index (χ2v) is 4.03. The summed E-state index contributed by atoms with van der Waals surface area (Å²) < 4.78 is 5.14. The van der Waals surface area contributed by atoms with Gasteiger partial charge in [-0.05, 0) is 35.4 Å². The summed E-state index contributed by atoms with van der Waals surface area (Å²) in [4.78, 5) is 10.9. The highest BCUT2D eigenvalue weighted by molar-refractivity contribution is 5.86. The highest BCUT2D eigenvalue weighted by Crippen LogP contribution is 2.25. The van der Waals surface area contributed by atoms with E-state index < -0.39 is 11.9 Å². The number of aliphatic carboxylic acids is 1. The van der Waals surface area contributed by atoms with Crippen LogP contribution in [0.3, 0.4) is 0 Å². The standard InChI is InChI=1S/C14H14O3.H3N/c1-9(14(15)16)10-3-4-12-8-13(17-2)6-5-11(12)7-10;/h3-9H,1-2H3,(H,15,16);1H3/t9-;/m0./s1. The number of ether oxygens (including phenoxy) is 1. The van der Waals surface area contributed by atoms with Crippen LogP contribution in [0.25, 0.3) is 10.8 Å². The topological polar surface area (TPSA) is 81.5 Å². The van der Waals surface area contributed by atoms with Gasteiger partial charge in [0.1, 0.15) is 5.75 Å². The number of fused-ring (bicyclic) bond motifs is 1. The van der Waals surface area contributed by atoms with Crippen LogP contribution in [0.4, 0.5) is 0 Å². The molecule has 0 aliphatic heterocycles. The van der Waals surface area contributed by atoms with Crippen molar-refractivity contribution >= 4 is 16.7 Å². The zero-order valence-electron chi connectivity index (χ0n) is 10.5. The summed E-state index contributed by atoms with van der Waals surface area (Å²) in [5.41, 5.74) is 0.815. The summed E-state index contributed by atoms with van der Waals surface area (Å²) in [6, 6.07) is 11.4. The van der Waals surface area contributed by atoms with E-state index in [2.05, 4.69) is 0 Å². The molecule has 4 heteroatoms. The molecular formula is C14H17NO3. The highest BCUT2D eigenvalue weighted by Gasteiger charge is 2.13. The number of carboxylic acids is 1. The summed E-state index contributed by atoms with van der Waals surface area (Å²) in [6.07, 6.45) is 0. The average molecular weight is 247 g/mol. The van der Waals surface area contributed by atoms with E-state index in [1.807, 2.05) is 36.4 Å². The van der Waals surface area contributed by atoms with E-state index in [9.17, 15) is 4.79 Å². The fraction of sp³-hybridized carbons (Fsp3) is 0.214. The van der Waals surface area contributed by atoms with Gasteiger partial charge in [-0.1, -0.05) is 24.3 Å². The number of methoxy groups -OCH3 is 1. The van der Waals surface area contributed by atoms with Crippen LogP contribution in [-0.2, 0) is 4.79 Å². The lowest BCUT2D eigenvalue weighted by atomic mass is 9.98. The minimum atomic E-state index is -0.808. The molecule has 0 heterocycles. The van der Waals surface area contributed by atoms with Crippen molar-refractivity contribution in [3.63, 3.8) is 0 Å². The van der Waals surface area contributed by atoms with Gasteiger partial charge in [0.25, 0.3) is 0 Å². The lowest BCUT2D eigenvalue weighted by Crippen LogP contribution is -2.06. The van der Waals surface area contributed by atoms with Crippen LogP contribution in [0.1, 0.15) is 18.4 Å². The Morgan fingerprint density at radius 2 is 1.78 bits per heavy atom. The molecule has 2 aromatic rings. The van der Waals surface area contributed by atoms with E-state index in [1.165, 1.54) is 0 Å². The molecule has 0 aliphatic carbocycles. The fourth-order valence-electron chi connectivity index (χ4n) is 1.78. The molecule has 1 atom stereocenters. The van der Waals surface area contributed by atoms with Crippen molar-refractivity contribution in [1.29, 1.82) is 0 Å². The second-order valence-electron chi connectivity index (χ2n) is 4.03. The van der Waals surface area contributed by atoms with Crippen LogP contribution in [0.2, 0.25) is 0 Å². The quantitative estimate of drug-likeness (QED) is 0.872. The number of carbonyl (C=O) groups is 1. The Hall–Kier alpha value is -2.07. The number of hydrogen-bond acceptors (Lipinski definition) is 3. The van der Waals surface area contributed by atoms with Gasteiger partial charge in [-0.25, -0.2) is 0 Å². The summed E-state index contributed by atoms with van der Waals surface area (Å²) in [6.45, 7) is 1.69. The highest BCUT2D eigenvalue weighted by atomic mass is 16.5. The summed E-state index contributed by atoms with van der Waals surface area (Å²) in [5, 5.41) is 11.0. The molecule has 18 heavy (non-hydrogen) atoms. The molecule has 4 nitrogen and oxygen atoms in total. The average Bonchev–Trinajstić information content (AvgIpc) is 2.36. The monoisotopic (exact) mass is 247 g/mol. The van der Waals surface area contributed by atoms with Gasteiger partial charge >= 0.3 is 5.97 Å².